The molecule has 0 aromatic heterocycles. The second-order valence-electron chi connectivity index (χ2n) is 6.61. The SMILES string of the molecule is COc1ccc(CCNC(=O)[C@H]2CC(=O)N(c3ccc(F)cc3)C2)cc1OC. The van der Waals surface area contributed by atoms with E-state index in [1.807, 2.05) is 18.2 Å². The van der Waals surface area contributed by atoms with Crippen LogP contribution in [0.4, 0.5) is 10.1 Å². The van der Waals surface area contributed by atoms with Gasteiger partial charge in [0, 0.05) is 25.2 Å². The number of benzene rings is 2. The Kier molecular flexibility index (Phi) is 6.13. The molecule has 1 saturated heterocycles. The van der Waals surface area contributed by atoms with Crippen molar-refractivity contribution in [2.45, 2.75) is 12.8 Å². The van der Waals surface area contributed by atoms with Crippen LogP contribution in [0, 0.1) is 11.7 Å². The van der Waals surface area contributed by atoms with Gasteiger partial charge in [0.1, 0.15) is 5.82 Å². The normalized spacial score (nSPS) is 16.2. The van der Waals surface area contributed by atoms with Gasteiger partial charge in [-0.1, -0.05) is 6.07 Å². The predicted molar refractivity (Wildman–Crippen MR) is 103 cm³/mol. The summed E-state index contributed by atoms with van der Waals surface area (Å²) in [6.45, 7) is 0.752. The number of hydrogen-bond acceptors (Lipinski definition) is 4. The summed E-state index contributed by atoms with van der Waals surface area (Å²) in [7, 11) is 3.16. The molecule has 2 aromatic rings. The lowest BCUT2D eigenvalue weighted by Gasteiger charge is -2.16. The van der Waals surface area contributed by atoms with Gasteiger partial charge in [0.25, 0.3) is 0 Å². The van der Waals surface area contributed by atoms with E-state index in [2.05, 4.69) is 5.32 Å². The molecule has 2 aromatic carbocycles. The van der Waals surface area contributed by atoms with Gasteiger partial charge >= 0.3 is 0 Å². The Labute approximate surface area is 163 Å². The molecule has 1 heterocycles. The van der Waals surface area contributed by atoms with Crippen LogP contribution in [-0.2, 0) is 16.0 Å². The van der Waals surface area contributed by atoms with Gasteiger partial charge in [-0.15, -0.1) is 0 Å². The molecule has 0 unspecified atom stereocenters. The predicted octanol–water partition coefficient (Wildman–Crippen LogP) is 2.55. The first-order chi connectivity index (χ1) is 13.5. The van der Waals surface area contributed by atoms with Gasteiger partial charge in [-0.2, -0.15) is 0 Å². The molecule has 0 radical (unpaired) electrons. The molecule has 148 valence electrons. The highest BCUT2D eigenvalue weighted by Crippen LogP contribution is 2.28. The highest BCUT2D eigenvalue weighted by atomic mass is 19.1. The van der Waals surface area contributed by atoms with Gasteiger partial charge in [0.05, 0.1) is 20.1 Å². The minimum atomic E-state index is -0.414. The van der Waals surface area contributed by atoms with E-state index in [1.165, 1.54) is 17.0 Å². The maximum atomic E-state index is 13.1. The second kappa shape index (κ2) is 8.73. The third-order valence-corrected chi connectivity index (χ3v) is 4.79. The highest BCUT2D eigenvalue weighted by molar-refractivity contribution is 6.00. The number of halogens is 1. The molecule has 0 bridgehead atoms. The van der Waals surface area contributed by atoms with Gasteiger partial charge in [-0.05, 0) is 48.4 Å². The molecule has 3 rings (SSSR count). The first kappa shape index (κ1) is 19.7. The molecular formula is C21H23FN2O4. The van der Waals surface area contributed by atoms with Gasteiger partial charge in [-0.25, -0.2) is 4.39 Å². The van der Waals surface area contributed by atoms with Crippen LogP contribution in [0.3, 0.4) is 0 Å². The zero-order chi connectivity index (χ0) is 20.1. The van der Waals surface area contributed by atoms with Crippen molar-refractivity contribution in [3.8, 4) is 11.5 Å². The fourth-order valence-electron chi connectivity index (χ4n) is 3.26. The number of amides is 2. The van der Waals surface area contributed by atoms with Crippen molar-refractivity contribution in [3.05, 3.63) is 53.8 Å². The maximum Gasteiger partial charge on any atom is 0.227 e. The van der Waals surface area contributed by atoms with E-state index in [0.717, 1.165) is 5.56 Å². The minimum Gasteiger partial charge on any atom is -0.493 e. The van der Waals surface area contributed by atoms with Crippen molar-refractivity contribution in [3.63, 3.8) is 0 Å². The molecule has 6 nitrogen and oxygen atoms in total. The number of rotatable bonds is 7. The molecule has 0 aliphatic carbocycles. The summed E-state index contributed by atoms with van der Waals surface area (Å²) >= 11 is 0. The largest absolute Gasteiger partial charge is 0.493 e. The number of hydrogen-bond donors (Lipinski definition) is 1. The van der Waals surface area contributed by atoms with Crippen LogP contribution < -0.4 is 19.7 Å². The molecule has 0 saturated carbocycles. The lowest BCUT2D eigenvalue weighted by molar-refractivity contribution is -0.126. The van der Waals surface area contributed by atoms with Crippen LogP contribution in [0.5, 0.6) is 11.5 Å². The van der Waals surface area contributed by atoms with Crippen molar-refractivity contribution in [1.29, 1.82) is 0 Å². The smallest absolute Gasteiger partial charge is 0.227 e. The van der Waals surface area contributed by atoms with Gasteiger partial charge in [0.15, 0.2) is 11.5 Å². The fourth-order valence-corrected chi connectivity index (χ4v) is 3.26. The van der Waals surface area contributed by atoms with E-state index in [0.29, 0.717) is 36.7 Å². The molecule has 0 spiro atoms. The van der Waals surface area contributed by atoms with E-state index in [-0.39, 0.29) is 24.1 Å². The Bertz CT molecular complexity index is 854. The molecule has 1 N–H and O–H groups in total. The number of carbonyl (C=O) groups excluding carboxylic acids is 2. The first-order valence-corrected chi connectivity index (χ1v) is 9.06. The Morgan fingerprint density at radius 3 is 2.54 bits per heavy atom. The van der Waals surface area contributed by atoms with E-state index in [9.17, 15) is 14.0 Å². The average Bonchev–Trinajstić information content (AvgIpc) is 3.10. The third-order valence-electron chi connectivity index (χ3n) is 4.79. The number of methoxy groups -OCH3 is 2. The Morgan fingerprint density at radius 2 is 1.86 bits per heavy atom. The summed E-state index contributed by atoms with van der Waals surface area (Å²) in [6.07, 6.45) is 0.786. The Balaban J connectivity index is 1.53. The Hall–Kier alpha value is -3.09. The van der Waals surface area contributed by atoms with Crippen molar-refractivity contribution < 1.29 is 23.5 Å². The summed E-state index contributed by atoms with van der Waals surface area (Å²) in [6, 6.07) is 11.3. The van der Waals surface area contributed by atoms with E-state index in [1.54, 1.807) is 26.4 Å². The molecule has 1 aliphatic heterocycles. The van der Waals surface area contributed by atoms with Crippen LogP contribution in [-0.4, -0.2) is 39.1 Å². The number of nitrogens with zero attached hydrogens (tertiary/aromatic N) is 1. The van der Waals surface area contributed by atoms with Gasteiger partial charge in [-0.3, -0.25) is 9.59 Å². The summed E-state index contributed by atoms with van der Waals surface area (Å²) in [5, 5.41) is 2.89. The molecule has 2 amide bonds. The summed E-state index contributed by atoms with van der Waals surface area (Å²) in [5.41, 5.74) is 1.61. The minimum absolute atomic E-state index is 0.133. The van der Waals surface area contributed by atoms with Crippen LogP contribution >= 0.6 is 0 Å². The van der Waals surface area contributed by atoms with Crippen LogP contribution in [0.15, 0.2) is 42.5 Å². The van der Waals surface area contributed by atoms with Gasteiger partial charge < -0.3 is 19.7 Å². The molecule has 28 heavy (non-hydrogen) atoms. The summed E-state index contributed by atoms with van der Waals surface area (Å²) in [5.74, 6) is 0.233. The van der Waals surface area contributed by atoms with Crippen LogP contribution in [0.2, 0.25) is 0 Å². The number of ether oxygens (including phenoxy) is 2. The third kappa shape index (κ3) is 4.42. The van der Waals surface area contributed by atoms with Crippen molar-refractivity contribution in [2.75, 3.05) is 32.2 Å². The van der Waals surface area contributed by atoms with Crippen molar-refractivity contribution >= 4 is 17.5 Å². The van der Waals surface area contributed by atoms with Gasteiger partial charge in [0.2, 0.25) is 11.8 Å². The average molecular weight is 386 g/mol. The standard InChI is InChI=1S/C21H23FN2O4/c1-27-18-8-3-14(11-19(18)28-2)9-10-23-21(26)15-12-20(25)24(13-15)17-6-4-16(22)5-7-17/h3-8,11,15H,9-10,12-13H2,1-2H3,(H,23,26)/t15-/m0/s1. The highest BCUT2D eigenvalue weighted by Gasteiger charge is 2.34. The number of anilines is 1. The number of nitrogens with one attached hydrogen (secondary N) is 1. The summed E-state index contributed by atoms with van der Waals surface area (Å²) in [4.78, 5) is 26.2. The van der Waals surface area contributed by atoms with E-state index in [4.69, 9.17) is 9.47 Å². The molecular weight excluding hydrogens is 363 g/mol. The summed E-state index contributed by atoms with van der Waals surface area (Å²) < 4.78 is 23.6. The lowest BCUT2D eigenvalue weighted by Crippen LogP contribution is -2.34. The molecule has 1 aliphatic rings. The van der Waals surface area contributed by atoms with E-state index < -0.39 is 5.92 Å². The first-order valence-electron chi connectivity index (χ1n) is 9.06. The Morgan fingerprint density at radius 1 is 1.14 bits per heavy atom. The zero-order valence-corrected chi connectivity index (χ0v) is 15.9. The molecule has 1 atom stereocenters. The van der Waals surface area contributed by atoms with Crippen molar-refractivity contribution in [2.24, 2.45) is 5.92 Å². The zero-order valence-electron chi connectivity index (χ0n) is 15.9. The topological polar surface area (TPSA) is 67.9 Å². The lowest BCUT2D eigenvalue weighted by atomic mass is 10.1. The quantitative estimate of drug-likeness (QED) is 0.794. The maximum absolute atomic E-state index is 13.1. The van der Waals surface area contributed by atoms with Crippen molar-refractivity contribution in [1.82, 2.24) is 5.32 Å². The fraction of sp³-hybridized carbons (Fsp3) is 0.333. The molecule has 1 fully saturated rings. The number of carbonyl (C=O) groups is 2. The van der Waals surface area contributed by atoms with Crippen LogP contribution in [0.1, 0.15) is 12.0 Å². The monoisotopic (exact) mass is 386 g/mol. The second-order valence-corrected chi connectivity index (χ2v) is 6.61. The van der Waals surface area contributed by atoms with Crippen LogP contribution in [0.25, 0.3) is 0 Å². The molecule has 7 heteroatoms. The van der Waals surface area contributed by atoms with E-state index >= 15 is 0 Å².